The second kappa shape index (κ2) is 6.57. The summed E-state index contributed by atoms with van der Waals surface area (Å²) in [6.07, 6.45) is 3.44. The quantitative estimate of drug-likeness (QED) is 0.783. The van der Waals surface area contributed by atoms with Gasteiger partial charge in [-0.2, -0.15) is 0 Å². The van der Waals surface area contributed by atoms with Crippen LogP contribution in [0.2, 0.25) is 0 Å². The van der Waals surface area contributed by atoms with Gasteiger partial charge >= 0.3 is 0 Å². The Bertz CT molecular complexity index is 442. The molecule has 1 aliphatic carbocycles. The van der Waals surface area contributed by atoms with Crippen LogP contribution in [-0.4, -0.2) is 25.1 Å². The van der Waals surface area contributed by atoms with E-state index in [2.05, 4.69) is 11.4 Å². The topological polar surface area (TPSA) is 64.3 Å². The lowest BCUT2D eigenvalue weighted by Gasteiger charge is -2.12. The summed E-state index contributed by atoms with van der Waals surface area (Å²) >= 11 is 0. The minimum absolute atomic E-state index is 0.0787. The van der Waals surface area contributed by atoms with Crippen LogP contribution in [0.5, 0.6) is 5.75 Å². The van der Waals surface area contributed by atoms with Crippen molar-refractivity contribution in [1.82, 2.24) is 5.32 Å². The molecule has 19 heavy (non-hydrogen) atoms. The van der Waals surface area contributed by atoms with Crippen LogP contribution in [0.3, 0.4) is 0 Å². The van der Waals surface area contributed by atoms with Gasteiger partial charge < -0.3 is 15.8 Å². The number of carbonyl (C=O) groups is 1. The Balaban J connectivity index is 1.82. The van der Waals surface area contributed by atoms with E-state index < -0.39 is 0 Å². The highest BCUT2D eigenvalue weighted by Gasteiger charge is 2.22. The Morgan fingerprint density at radius 2 is 2.26 bits per heavy atom. The van der Waals surface area contributed by atoms with Crippen molar-refractivity contribution in [3.63, 3.8) is 0 Å². The van der Waals surface area contributed by atoms with Crippen molar-refractivity contribution in [2.75, 3.05) is 13.2 Å². The molecule has 4 nitrogen and oxygen atoms in total. The van der Waals surface area contributed by atoms with Crippen LogP contribution in [-0.2, 0) is 11.2 Å². The van der Waals surface area contributed by atoms with Crippen molar-refractivity contribution in [2.45, 2.75) is 38.6 Å². The summed E-state index contributed by atoms with van der Waals surface area (Å²) in [6, 6.07) is 6.48. The van der Waals surface area contributed by atoms with Gasteiger partial charge in [0.2, 0.25) is 5.91 Å². The maximum Gasteiger partial charge on any atom is 0.223 e. The van der Waals surface area contributed by atoms with Crippen molar-refractivity contribution < 1.29 is 9.53 Å². The van der Waals surface area contributed by atoms with Crippen molar-refractivity contribution >= 4 is 5.91 Å². The predicted molar refractivity (Wildman–Crippen MR) is 75.2 cm³/mol. The molecule has 3 N–H and O–H groups in total. The van der Waals surface area contributed by atoms with E-state index in [0.717, 1.165) is 30.6 Å². The summed E-state index contributed by atoms with van der Waals surface area (Å²) in [5.41, 5.74) is 7.91. The molecular formula is C15H22N2O2. The lowest BCUT2D eigenvalue weighted by Crippen LogP contribution is -2.26. The van der Waals surface area contributed by atoms with Crippen LogP contribution >= 0.6 is 0 Å². The Morgan fingerprint density at radius 3 is 2.95 bits per heavy atom. The second-order valence-electron chi connectivity index (χ2n) is 5.09. The number of rotatable bonds is 7. The number of amides is 1. The smallest absolute Gasteiger partial charge is 0.223 e. The zero-order valence-electron chi connectivity index (χ0n) is 11.4. The predicted octanol–water partition coefficient (Wildman–Crippen LogP) is 1.54. The van der Waals surface area contributed by atoms with Crippen LogP contribution < -0.4 is 15.8 Å². The molecule has 2 rings (SSSR count). The minimum Gasteiger partial charge on any atom is -0.493 e. The molecule has 0 atom stereocenters. The zero-order chi connectivity index (χ0) is 13.7. The molecular weight excluding hydrogens is 240 g/mol. The first-order chi connectivity index (χ1) is 9.19. The van der Waals surface area contributed by atoms with Gasteiger partial charge in [0.25, 0.3) is 0 Å². The van der Waals surface area contributed by atoms with E-state index in [4.69, 9.17) is 10.5 Å². The first kappa shape index (κ1) is 13.9. The molecule has 1 aliphatic rings. The third-order valence-electron chi connectivity index (χ3n) is 3.16. The van der Waals surface area contributed by atoms with Crippen molar-refractivity contribution in [3.05, 3.63) is 29.3 Å². The number of hydrogen-bond acceptors (Lipinski definition) is 3. The third kappa shape index (κ3) is 4.56. The fourth-order valence-electron chi connectivity index (χ4n) is 1.98. The van der Waals surface area contributed by atoms with Crippen molar-refractivity contribution in [3.8, 4) is 5.75 Å². The van der Waals surface area contributed by atoms with Crippen LogP contribution in [0.25, 0.3) is 0 Å². The summed E-state index contributed by atoms with van der Waals surface area (Å²) in [6.45, 7) is 3.06. The zero-order valence-corrected chi connectivity index (χ0v) is 11.4. The summed E-state index contributed by atoms with van der Waals surface area (Å²) in [7, 11) is 0. The summed E-state index contributed by atoms with van der Waals surface area (Å²) in [5, 5.41) is 2.95. The molecule has 4 heteroatoms. The summed E-state index contributed by atoms with van der Waals surface area (Å²) in [5.74, 6) is 0.922. The van der Waals surface area contributed by atoms with E-state index >= 15 is 0 Å². The highest BCUT2D eigenvalue weighted by Crippen LogP contribution is 2.21. The molecule has 1 amide bonds. The molecule has 0 bridgehead atoms. The van der Waals surface area contributed by atoms with E-state index in [-0.39, 0.29) is 5.91 Å². The maximum atomic E-state index is 11.5. The van der Waals surface area contributed by atoms with E-state index in [9.17, 15) is 4.79 Å². The van der Waals surface area contributed by atoms with Gasteiger partial charge in [0.15, 0.2) is 0 Å². The Hall–Kier alpha value is -1.55. The average Bonchev–Trinajstić information content (AvgIpc) is 3.16. The lowest BCUT2D eigenvalue weighted by molar-refractivity contribution is -0.121. The maximum absolute atomic E-state index is 11.5. The van der Waals surface area contributed by atoms with Gasteiger partial charge in [0.1, 0.15) is 5.75 Å². The van der Waals surface area contributed by atoms with Crippen molar-refractivity contribution in [1.29, 1.82) is 0 Å². The molecule has 0 aliphatic heterocycles. The van der Waals surface area contributed by atoms with Gasteiger partial charge in [-0.25, -0.2) is 0 Å². The highest BCUT2D eigenvalue weighted by molar-refractivity contribution is 5.76. The first-order valence-electron chi connectivity index (χ1n) is 6.91. The Kier molecular flexibility index (Phi) is 4.80. The van der Waals surface area contributed by atoms with Gasteiger partial charge in [-0.3, -0.25) is 4.79 Å². The Morgan fingerprint density at radius 1 is 1.47 bits per heavy atom. The molecule has 0 heterocycles. The van der Waals surface area contributed by atoms with Gasteiger partial charge in [-0.05, 0) is 44.4 Å². The molecule has 0 radical (unpaired) electrons. The molecule has 1 aromatic carbocycles. The molecule has 0 aromatic heterocycles. The van der Waals surface area contributed by atoms with Crippen LogP contribution in [0, 0.1) is 6.92 Å². The molecule has 0 saturated heterocycles. The number of carbonyl (C=O) groups excluding carboxylic acids is 1. The SMILES string of the molecule is Cc1ccc(OCCC(=O)NC2CC2)c(CCN)c1. The number of aryl methyl sites for hydroxylation is 1. The fraction of sp³-hybridized carbons (Fsp3) is 0.533. The number of nitrogens with two attached hydrogens (primary N) is 1. The average molecular weight is 262 g/mol. The van der Waals surface area contributed by atoms with Gasteiger partial charge in [-0.1, -0.05) is 17.7 Å². The standard InChI is InChI=1S/C15H22N2O2/c1-11-2-5-14(12(10-11)6-8-16)19-9-7-15(18)17-13-3-4-13/h2,5,10,13H,3-4,6-9,16H2,1H3,(H,17,18). The highest BCUT2D eigenvalue weighted by atomic mass is 16.5. The van der Waals surface area contributed by atoms with Gasteiger partial charge in [0, 0.05) is 6.04 Å². The van der Waals surface area contributed by atoms with Crippen LogP contribution in [0.4, 0.5) is 0 Å². The summed E-state index contributed by atoms with van der Waals surface area (Å²) < 4.78 is 5.70. The second-order valence-corrected chi connectivity index (χ2v) is 5.09. The van der Waals surface area contributed by atoms with Gasteiger partial charge in [0.05, 0.1) is 13.0 Å². The molecule has 1 fully saturated rings. The van der Waals surface area contributed by atoms with Crippen LogP contribution in [0.15, 0.2) is 18.2 Å². The Labute approximate surface area is 114 Å². The van der Waals surface area contributed by atoms with Gasteiger partial charge in [-0.15, -0.1) is 0 Å². The van der Waals surface area contributed by atoms with Crippen molar-refractivity contribution in [2.24, 2.45) is 5.73 Å². The van der Waals surface area contributed by atoms with E-state index in [0.29, 0.717) is 25.6 Å². The normalized spacial score (nSPS) is 14.2. The molecule has 0 spiro atoms. The third-order valence-corrected chi connectivity index (χ3v) is 3.16. The fourth-order valence-corrected chi connectivity index (χ4v) is 1.98. The first-order valence-corrected chi connectivity index (χ1v) is 6.91. The minimum atomic E-state index is 0.0787. The molecule has 104 valence electrons. The number of nitrogens with one attached hydrogen (secondary N) is 1. The molecule has 1 saturated carbocycles. The van der Waals surface area contributed by atoms with Crippen LogP contribution in [0.1, 0.15) is 30.4 Å². The van der Waals surface area contributed by atoms with E-state index in [1.807, 2.05) is 19.1 Å². The summed E-state index contributed by atoms with van der Waals surface area (Å²) in [4.78, 5) is 11.5. The van der Waals surface area contributed by atoms with E-state index in [1.165, 1.54) is 5.56 Å². The monoisotopic (exact) mass is 262 g/mol. The van der Waals surface area contributed by atoms with E-state index in [1.54, 1.807) is 0 Å². The number of ether oxygens (including phenoxy) is 1. The number of benzene rings is 1. The molecule has 0 unspecified atom stereocenters. The lowest BCUT2D eigenvalue weighted by atomic mass is 10.1. The number of hydrogen-bond donors (Lipinski definition) is 2. The largest absolute Gasteiger partial charge is 0.493 e. The molecule has 1 aromatic rings.